The van der Waals surface area contributed by atoms with Gasteiger partial charge in [-0.3, -0.25) is 14.4 Å². The van der Waals surface area contributed by atoms with E-state index < -0.39 is 30.1 Å². The summed E-state index contributed by atoms with van der Waals surface area (Å²) in [7, 11) is 0. The Hall–Kier alpha value is -1.59. The van der Waals surface area contributed by atoms with Crippen LogP contribution in [0.1, 0.15) is 86.0 Å². The van der Waals surface area contributed by atoms with E-state index in [0.29, 0.717) is 24.8 Å². The lowest BCUT2D eigenvalue weighted by Gasteiger charge is -2.31. The lowest BCUT2D eigenvalue weighted by Crippen LogP contribution is -2.46. The number of nitrogens with one attached hydrogen (secondary N) is 1. The minimum atomic E-state index is -0.704. The van der Waals surface area contributed by atoms with Gasteiger partial charge in [-0.1, -0.05) is 39.5 Å². The van der Waals surface area contributed by atoms with E-state index in [1.165, 1.54) is 33.1 Å². The van der Waals surface area contributed by atoms with E-state index in [9.17, 15) is 14.4 Å². The average Bonchev–Trinajstić information content (AvgIpc) is 2.60. The quantitative estimate of drug-likeness (QED) is 0.725. The fraction of sp³-hybridized carbons (Fsp3) is 0.864. The van der Waals surface area contributed by atoms with E-state index in [1.807, 2.05) is 0 Å². The third kappa shape index (κ3) is 9.07. The van der Waals surface area contributed by atoms with E-state index >= 15 is 0 Å². The molecule has 1 amide bonds. The molecule has 0 spiro atoms. The summed E-state index contributed by atoms with van der Waals surface area (Å²) in [6, 6.07) is 0. The minimum absolute atomic E-state index is 0.210. The molecule has 0 aromatic rings. The van der Waals surface area contributed by atoms with Gasteiger partial charge in [-0.25, -0.2) is 0 Å². The first-order valence-corrected chi connectivity index (χ1v) is 10.9. The van der Waals surface area contributed by atoms with E-state index in [4.69, 9.17) is 9.47 Å². The fourth-order valence-corrected chi connectivity index (χ4v) is 4.17. The summed E-state index contributed by atoms with van der Waals surface area (Å²) in [6.45, 7) is 9.40. The Morgan fingerprint density at radius 1 is 1.07 bits per heavy atom. The van der Waals surface area contributed by atoms with Gasteiger partial charge in [-0.15, -0.1) is 0 Å². The zero-order valence-electron chi connectivity index (χ0n) is 18.3. The molecule has 0 radical (unpaired) electrons. The van der Waals surface area contributed by atoms with E-state index in [-0.39, 0.29) is 5.91 Å². The van der Waals surface area contributed by atoms with Crippen LogP contribution >= 0.6 is 0 Å². The van der Waals surface area contributed by atoms with Crippen molar-refractivity contribution in [2.45, 2.75) is 98.2 Å². The number of rotatable bonds is 4. The molecule has 1 heterocycles. The maximum atomic E-state index is 12.9. The van der Waals surface area contributed by atoms with Gasteiger partial charge < -0.3 is 14.8 Å². The Bertz CT molecular complexity index is 507. The summed E-state index contributed by atoms with van der Waals surface area (Å²) < 4.78 is 10.8. The summed E-state index contributed by atoms with van der Waals surface area (Å²) in [5.41, 5.74) is 0. The molecular formula is C22H39NO5. The molecule has 0 bridgehead atoms. The van der Waals surface area contributed by atoms with Crippen LogP contribution in [-0.2, 0) is 23.9 Å². The second-order valence-corrected chi connectivity index (χ2v) is 8.31. The summed E-state index contributed by atoms with van der Waals surface area (Å²) in [6.07, 6.45) is 6.96. The highest BCUT2D eigenvalue weighted by molar-refractivity contribution is 5.81. The molecule has 162 valence electrons. The smallest absolute Gasteiger partial charge is 0.302 e. The lowest BCUT2D eigenvalue weighted by molar-refractivity contribution is -0.162. The predicted octanol–water partition coefficient (Wildman–Crippen LogP) is 4.01. The van der Waals surface area contributed by atoms with Crippen molar-refractivity contribution in [3.8, 4) is 0 Å². The molecule has 0 aromatic carbocycles. The molecule has 6 heteroatoms. The molecule has 0 unspecified atom stereocenters. The maximum absolute atomic E-state index is 12.9. The van der Waals surface area contributed by atoms with Crippen molar-refractivity contribution < 1.29 is 23.9 Å². The highest BCUT2D eigenvalue weighted by Gasteiger charge is 2.37. The molecule has 0 saturated carbocycles. The van der Waals surface area contributed by atoms with Crippen LogP contribution in [0, 0.1) is 17.8 Å². The molecule has 6 nitrogen and oxygen atoms in total. The molecular weight excluding hydrogens is 358 g/mol. The number of carbonyl (C=O) groups excluding carboxylic acids is 3. The Morgan fingerprint density at radius 3 is 2.36 bits per heavy atom. The van der Waals surface area contributed by atoms with Crippen LogP contribution in [0.25, 0.3) is 0 Å². The zero-order valence-corrected chi connectivity index (χ0v) is 18.3. The van der Waals surface area contributed by atoms with Gasteiger partial charge in [-0.05, 0) is 44.4 Å². The molecule has 1 rings (SSSR count). The van der Waals surface area contributed by atoms with E-state index in [0.717, 1.165) is 25.7 Å². The summed E-state index contributed by atoms with van der Waals surface area (Å²) >= 11 is 0. The highest BCUT2D eigenvalue weighted by Crippen LogP contribution is 2.27. The van der Waals surface area contributed by atoms with Crippen molar-refractivity contribution >= 4 is 17.8 Å². The summed E-state index contributed by atoms with van der Waals surface area (Å²) in [4.78, 5) is 36.1. The van der Waals surface area contributed by atoms with Crippen LogP contribution < -0.4 is 5.32 Å². The number of amides is 1. The topological polar surface area (TPSA) is 81.7 Å². The third-order valence-corrected chi connectivity index (χ3v) is 5.80. The molecule has 0 aliphatic carbocycles. The minimum Gasteiger partial charge on any atom is -0.462 e. The van der Waals surface area contributed by atoms with Gasteiger partial charge >= 0.3 is 11.9 Å². The zero-order chi connectivity index (χ0) is 21.1. The monoisotopic (exact) mass is 397 g/mol. The summed E-state index contributed by atoms with van der Waals surface area (Å²) in [5.74, 6) is -0.580. The largest absolute Gasteiger partial charge is 0.462 e. The number of hydrogen-bond acceptors (Lipinski definition) is 5. The van der Waals surface area contributed by atoms with Crippen LogP contribution in [0.5, 0.6) is 0 Å². The number of ether oxygens (including phenoxy) is 2. The first kappa shape index (κ1) is 24.4. The van der Waals surface area contributed by atoms with Gasteiger partial charge in [0.15, 0.2) is 0 Å². The Balaban J connectivity index is 3.00. The highest BCUT2D eigenvalue weighted by atomic mass is 16.6. The van der Waals surface area contributed by atoms with Crippen LogP contribution in [-0.4, -0.2) is 36.6 Å². The average molecular weight is 398 g/mol. The third-order valence-electron chi connectivity index (χ3n) is 5.80. The van der Waals surface area contributed by atoms with Crippen LogP contribution in [0.2, 0.25) is 0 Å². The summed E-state index contributed by atoms with van der Waals surface area (Å²) in [5, 5.41) is 2.98. The van der Waals surface area contributed by atoms with Gasteiger partial charge in [0, 0.05) is 20.4 Å². The Labute approximate surface area is 170 Å². The molecule has 5 atom stereocenters. The van der Waals surface area contributed by atoms with Crippen molar-refractivity contribution in [3.05, 3.63) is 0 Å². The normalized spacial score (nSPS) is 29.1. The first-order chi connectivity index (χ1) is 13.2. The molecule has 28 heavy (non-hydrogen) atoms. The van der Waals surface area contributed by atoms with Crippen LogP contribution in [0.15, 0.2) is 0 Å². The van der Waals surface area contributed by atoms with Gasteiger partial charge in [-0.2, -0.15) is 0 Å². The SMILES string of the molecule is CC[C@@H]1CCCNC(=O)[C@H]([C@H](C)OC(C)=O)[C@@H](OC(C)=O)CC[C@H](C)CCC1. The van der Waals surface area contributed by atoms with Crippen molar-refractivity contribution in [1.29, 1.82) is 0 Å². The van der Waals surface area contributed by atoms with E-state index in [1.54, 1.807) is 6.92 Å². The van der Waals surface area contributed by atoms with Gasteiger partial charge in [0.2, 0.25) is 5.91 Å². The molecule has 0 aromatic heterocycles. The van der Waals surface area contributed by atoms with Gasteiger partial charge in [0.25, 0.3) is 0 Å². The molecule has 1 fully saturated rings. The molecule has 1 aliphatic heterocycles. The fourth-order valence-electron chi connectivity index (χ4n) is 4.17. The van der Waals surface area contributed by atoms with Crippen molar-refractivity contribution in [2.24, 2.45) is 17.8 Å². The first-order valence-electron chi connectivity index (χ1n) is 10.9. The van der Waals surface area contributed by atoms with Gasteiger partial charge in [0.05, 0.1) is 0 Å². The second-order valence-electron chi connectivity index (χ2n) is 8.31. The van der Waals surface area contributed by atoms with E-state index in [2.05, 4.69) is 19.2 Å². The number of hydrogen-bond donors (Lipinski definition) is 1. The van der Waals surface area contributed by atoms with Crippen LogP contribution in [0.3, 0.4) is 0 Å². The Kier molecular flexibility index (Phi) is 11.2. The second kappa shape index (κ2) is 12.8. The Morgan fingerprint density at radius 2 is 1.75 bits per heavy atom. The van der Waals surface area contributed by atoms with Crippen molar-refractivity contribution in [3.63, 3.8) is 0 Å². The molecule has 1 saturated heterocycles. The lowest BCUT2D eigenvalue weighted by atomic mass is 9.86. The standard InChI is InChI=1S/C22H39NO5/c1-6-19-10-7-9-15(2)12-13-20(28-18(5)25)21(16(3)27-17(4)24)22(26)23-14-8-11-19/h15-16,19-21H,6-14H2,1-5H3,(H,23,26)/t15-,16+,19+,20+,21-/m1/s1. The van der Waals surface area contributed by atoms with Crippen molar-refractivity contribution in [2.75, 3.05) is 6.54 Å². The molecule has 1 aliphatic rings. The molecule has 1 N–H and O–H groups in total. The number of carbonyl (C=O) groups is 3. The number of esters is 2. The predicted molar refractivity (Wildman–Crippen MR) is 109 cm³/mol. The van der Waals surface area contributed by atoms with Gasteiger partial charge in [0.1, 0.15) is 18.1 Å². The van der Waals surface area contributed by atoms with Crippen LogP contribution in [0.4, 0.5) is 0 Å². The maximum Gasteiger partial charge on any atom is 0.302 e. The van der Waals surface area contributed by atoms with Crippen molar-refractivity contribution in [1.82, 2.24) is 5.32 Å².